The van der Waals surface area contributed by atoms with Crippen molar-refractivity contribution >= 4 is 0 Å². The molecule has 0 amide bonds. The lowest BCUT2D eigenvalue weighted by Crippen LogP contribution is -2.34. The van der Waals surface area contributed by atoms with Gasteiger partial charge in [-0.15, -0.1) is 0 Å². The maximum Gasteiger partial charge on any atom is 0.128 e. The molecule has 0 spiro atoms. The summed E-state index contributed by atoms with van der Waals surface area (Å²) in [5.74, 6) is -0.0115. The molecule has 92 valence electrons. The Bertz CT molecular complexity index is 433. The summed E-state index contributed by atoms with van der Waals surface area (Å²) >= 11 is 0. The van der Waals surface area contributed by atoms with Crippen LogP contribution in [-0.2, 0) is 18.4 Å². The largest absolute Gasteiger partial charge is 0.308 e. The smallest absolute Gasteiger partial charge is 0.128 e. The molecule has 1 aliphatic heterocycles. The van der Waals surface area contributed by atoms with E-state index in [2.05, 4.69) is 18.3 Å². The van der Waals surface area contributed by atoms with Gasteiger partial charge in [-0.1, -0.05) is 6.07 Å². The van der Waals surface area contributed by atoms with E-state index in [1.807, 2.05) is 0 Å². The van der Waals surface area contributed by atoms with E-state index in [1.54, 1.807) is 6.07 Å². The normalized spacial score (nSPS) is 28.1. The van der Waals surface area contributed by atoms with Crippen LogP contribution in [0.15, 0.2) is 12.1 Å². The summed E-state index contributed by atoms with van der Waals surface area (Å²) in [7, 11) is 0. The third kappa shape index (κ3) is 1.89. The maximum atomic E-state index is 14.2. The molecule has 1 aromatic rings. The van der Waals surface area contributed by atoms with Gasteiger partial charge < -0.3 is 5.32 Å². The van der Waals surface area contributed by atoms with Crippen LogP contribution in [-0.4, -0.2) is 6.54 Å². The third-order valence-electron chi connectivity index (χ3n) is 4.39. The Morgan fingerprint density at radius 3 is 2.47 bits per heavy atom. The Morgan fingerprint density at radius 1 is 1.12 bits per heavy atom. The van der Waals surface area contributed by atoms with Crippen LogP contribution in [0.5, 0.6) is 0 Å². The fraction of sp³-hybridized carbons (Fsp3) is 0.600. The first-order valence-corrected chi connectivity index (χ1v) is 6.76. The van der Waals surface area contributed by atoms with Crippen LogP contribution in [0.4, 0.5) is 4.39 Å². The van der Waals surface area contributed by atoms with Gasteiger partial charge in [0.05, 0.1) is 0 Å². The Morgan fingerprint density at radius 2 is 1.82 bits per heavy atom. The molecule has 0 radical (unpaired) electrons. The van der Waals surface area contributed by atoms with Crippen molar-refractivity contribution in [3.05, 3.63) is 34.6 Å². The molecule has 17 heavy (non-hydrogen) atoms. The van der Waals surface area contributed by atoms with Gasteiger partial charge in [-0.25, -0.2) is 4.39 Å². The molecule has 0 saturated carbocycles. The first-order chi connectivity index (χ1) is 8.19. The van der Waals surface area contributed by atoms with E-state index < -0.39 is 0 Å². The van der Waals surface area contributed by atoms with Crippen molar-refractivity contribution in [3.63, 3.8) is 0 Å². The first-order valence-electron chi connectivity index (χ1n) is 6.76. The van der Waals surface area contributed by atoms with Gasteiger partial charge in [0.1, 0.15) is 5.82 Å². The van der Waals surface area contributed by atoms with Crippen LogP contribution in [0.2, 0.25) is 0 Å². The van der Waals surface area contributed by atoms with Gasteiger partial charge in [-0.05, 0) is 69.2 Å². The molecule has 1 N–H and O–H groups in total. The summed E-state index contributed by atoms with van der Waals surface area (Å²) in [4.78, 5) is 0. The maximum absolute atomic E-state index is 14.2. The van der Waals surface area contributed by atoms with Crippen molar-refractivity contribution in [2.45, 2.75) is 51.0 Å². The molecule has 0 bridgehead atoms. The summed E-state index contributed by atoms with van der Waals surface area (Å²) in [5, 5.41) is 3.46. The highest BCUT2D eigenvalue weighted by Gasteiger charge is 2.33. The first kappa shape index (κ1) is 11.2. The van der Waals surface area contributed by atoms with Crippen LogP contribution in [0.3, 0.4) is 0 Å². The summed E-state index contributed by atoms with van der Waals surface area (Å²) in [6, 6.07) is 3.91. The lowest BCUT2D eigenvalue weighted by molar-refractivity contribution is 0.409. The third-order valence-corrected chi connectivity index (χ3v) is 4.39. The molecule has 0 aromatic heterocycles. The number of fused-ring (bicyclic) bond motifs is 1. The van der Waals surface area contributed by atoms with Crippen LogP contribution < -0.4 is 5.32 Å². The number of nitrogens with one attached hydrogen (secondary N) is 1. The second kappa shape index (κ2) is 4.09. The van der Waals surface area contributed by atoms with Crippen LogP contribution in [0.1, 0.15) is 49.3 Å². The molecule has 1 aromatic carbocycles. The SMILES string of the molecule is CC1(c2cc3c(cc2F)CCCC3)CCCN1. The number of halogens is 1. The minimum atomic E-state index is -0.142. The topological polar surface area (TPSA) is 12.0 Å². The van der Waals surface area contributed by atoms with E-state index in [0.717, 1.165) is 37.8 Å². The van der Waals surface area contributed by atoms with E-state index in [0.29, 0.717) is 0 Å². The van der Waals surface area contributed by atoms with Gasteiger partial charge in [0, 0.05) is 11.1 Å². The zero-order valence-electron chi connectivity index (χ0n) is 10.5. The minimum Gasteiger partial charge on any atom is -0.308 e. The quantitative estimate of drug-likeness (QED) is 0.784. The summed E-state index contributed by atoms with van der Waals surface area (Å²) in [5.41, 5.74) is 3.36. The lowest BCUT2D eigenvalue weighted by Gasteiger charge is -2.28. The van der Waals surface area contributed by atoms with Gasteiger partial charge in [0.15, 0.2) is 0 Å². The van der Waals surface area contributed by atoms with Crippen molar-refractivity contribution in [2.24, 2.45) is 0 Å². The molecular weight excluding hydrogens is 213 g/mol. The zero-order chi connectivity index (χ0) is 11.9. The second-order valence-electron chi connectivity index (χ2n) is 5.67. The lowest BCUT2D eigenvalue weighted by atomic mass is 9.84. The molecule has 1 saturated heterocycles. The molecule has 2 aliphatic rings. The fourth-order valence-corrected chi connectivity index (χ4v) is 3.30. The Labute approximate surface area is 102 Å². The average Bonchev–Trinajstić information content (AvgIpc) is 2.76. The highest BCUT2D eigenvalue weighted by molar-refractivity contribution is 5.38. The molecule has 1 fully saturated rings. The van der Waals surface area contributed by atoms with Gasteiger partial charge in [-0.2, -0.15) is 0 Å². The second-order valence-corrected chi connectivity index (χ2v) is 5.67. The van der Waals surface area contributed by atoms with Crippen molar-refractivity contribution in [3.8, 4) is 0 Å². The molecule has 2 heteroatoms. The van der Waals surface area contributed by atoms with Crippen LogP contribution >= 0.6 is 0 Å². The predicted octanol–water partition coefficient (Wildman–Crippen LogP) is 3.30. The molecular formula is C15H20FN. The van der Waals surface area contributed by atoms with Crippen molar-refractivity contribution in [1.82, 2.24) is 5.32 Å². The van der Waals surface area contributed by atoms with E-state index in [9.17, 15) is 4.39 Å². The van der Waals surface area contributed by atoms with E-state index in [-0.39, 0.29) is 11.4 Å². The molecule has 3 rings (SSSR count). The van der Waals surface area contributed by atoms with Gasteiger partial charge in [0.25, 0.3) is 0 Å². The summed E-state index contributed by atoms with van der Waals surface area (Å²) < 4.78 is 14.2. The van der Waals surface area contributed by atoms with Crippen molar-refractivity contribution in [2.75, 3.05) is 6.54 Å². The minimum absolute atomic E-state index is 0.0115. The van der Waals surface area contributed by atoms with E-state index >= 15 is 0 Å². The van der Waals surface area contributed by atoms with Crippen molar-refractivity contribution < 1.29 is 4.39 Å². The van der Waals surface area contributed by atoms with Crippen molar-refractivity contribution in [1.29, 1.82) is 0 Å². The monoisotopic (exact) mass is 233 g/mol. The Hall–Kier alpha value is -0.890. The molecule has 1 aliphatic carbocycles. The van der Waals surface area contributed by atoms with E-state index in [4.69, 9.17) is 0 Å². The summed E-state index contributed by atoms with van der Waals surface area (Å²) in [6.07, 6.45) is 6.83. The van der Waals surface area contributed by atoms with E-state index in [1.165, 1.54) is 24.0 Å². The average molecular weight is 233 g/mol. The highest BCUT2D eigenvalue weighted by atomic mass is 19.1. The standard InChI is InChI=1S/C15H20FN/c1-15(7-4-8-17-15)13-9-11-5-2-3-6-12(11)10-14(13)16/h9-10,17H,2-8H2,1H3. The van der Waals surface area contributed by atoms with Gasteiger partial charge >= 0.3 is 0 Å². The molecule has 1 heterocycles. The highest BCUT2D eigenvalue weighted by Crippen LogP contribution is 2.35. The van der Waals surface area contributed by atoms with Gasteiger partial charge in [-0.3, -0.25) is 0 Å². The van der Waals surface area contributed by atoms with Crippen LogP contribution in [0, 0.1) is 5.82 Å². The van der Waals surface area contributed by atoms with Crippen LogP contribution in [0.25, 0.3) is 0 Å². The predicted molar refractivity (Wildman–Crippen MR) is 67.6 cm³/mol. The molecule has 1 unspecified atom stereocenters. The Balaban J connectivity index is 2.04. The molecule has 1 atom stereocenters. The summed E-state index contributed by atoms with van der Waals surface area (Å²) in [6.45, 7) is 3.14. The number of hydrogen-bond acceptors (Lipinski definition) is 1. The number of hydrogen-bond donors (Lipinski definition) is 1. The van der Waals surface area contributed by atoms with Gasteiger partial charge in [0.2, 0.25) is 0 Å². The number of aryl methyl sites for hydroxylation is 2. The zero-order valence-corrected chi connectivity index (χ0v) is 10.5. The molecule has 1 nitrogen and oxygen atoms in total. The number of benzene rings is 1. The number of rotatable bonds is 1. The fourth-order valence-electron chi connectivity index (χ4n) is 3.30. The Kier molecular flexibility index (Phi) is 2.70.